The van der Waals surface area contributed by atoms with E-state index in [4.69, 9.17) is 5.11 Å². The number of hydrogen-bond acceptors (Lipinski definition) is 2. The molecule has 1 aromatic heterocycles. The van der Waals surface area contributed by atoms with Gasteiger partial charge in [-0.2, -0.15) is 5.10 Å². The highest BCUT2D eigenvalue weighted by Gasteiger charge is 2.01. The second-order valence-corrected chi connectivity index (χ2v) is 1.93. The van der Waals surface area contributed by atoms with E-state index in [0.717, 1.165) is 11.3 Å². The molecular weight excluding hydrogens is 116 g/mol. The number of H-pyrrole nitrogens is 1. The molecule has 0 atom stereocenters. The third-order valence-corrected chi connectivity index (χ3v) is 1.37. The molecule has 1 radical (unpaired) electrons. The summed E-state index contributed by atoms with van der Waals surface area (Å²) in [5, 5.41) is 15.1. The zero-order valence-corrected chi connectivity index (χ0v) is 5.31. The molecule has 0 unspecified atom stereocenters. The van der Waals surface area contributed by atoms with Crippen molar-refractivity contribution in [3.63, 3.8) is 0 Å². The summed E-state index contributed by atoms with van der Waals surface area (Å²) in [6.07, 6.45) is 0. The van der Waals surface area contributed by atoms with Gasteiger partial charge in [-0.25, -0.2) is 0 Å². The normalized spacial score (nSPS) is 10.1. The maximum Gasteiger partial charge on any atom is 0.0850 e. The molecule has 0 amide bonds. The van der Waals surface area contributed by atoms with Crippen molar-refractivity contribution in [1.29, 1.82) is 0 Å². The minimum atomic E-state index is 0.00829. The van der Waals surface area contributed by atoms with Gasteiger partial charge in [0.25, 0.3) is 0 Å². The van der Waals surface area contributed by atoms with E-state index in [2.05, 4.69) is 17.1 Å². The number of aromatic nitrogens is 2. The van der Waals surface area contributed by atoms with Crippen LogP contribution in [0.15, 0.2) is 0 Å². The van der Waals surface area contributed by atoms with Gasteiger partial charge in [0.2, 0.25) is 0 Å². The molecule has 1 heterocycles. The van der Waals surface area contributed by atoms with Gasteiger partial charge in [0.15, 0.2) is 0 Å². The molecule has 49 valence electrons. The van der Waals surface area contributed by atoms with Crippen molar-refractivity contribution >= 4 is 0 Å². The van der Waals surface area contributed by atoms with Crippen LogP contribution >= 0.6 is 0 Å². The third kappa shape index (κ3) is 0.954. The fourth-order valence-electron chi connectivity index (χ4n) is 0.631. The molecule has 0 aliphatic carbocycles. The first-order valence-corrected chi connectivity index (χ1v) is 2.72. The maximum atomic E-state index is 8.63. The molecule has 0 aromatic carbocycles. The highest BCUT2D eigenvalue weighted by Crippen LogP contribution is 2.06. The highest BCUT2D eigenvalue weighted by molar-refractivity contribution is 5.24. The summed E-state index contributed by atoms with van der Waals surface area (Å²) < 4.78 is 0. The number of aliphatic hydroxyl groups excluding tert-OH is 1. The van der Waals surface area contributed by atoms with Crippen molar-refractivity contribution < 1.29 is 5.11 Å². The molecule has 9 heavy (non-hydrogen) atoms. The fourth-order valence-corrected chi connectivity index (χ4v) is 0.631. The minimum Gasteiger partial charge on any atom is -0.390 e. The Hall–Kier alpha value is -0.830. The Morgan fingerprint density at radius 3 is 2.67 bits per heavy atom. The van der Waals surface area contributed by atoms with Crippen LogP contribution in [0.1, 0.15) is 17.0 Å². The summed E-state index contributed by atoms with van der Waals surface area (Å²) in [5.74, 6) is 0. The van der Waals surface area contributed by atoms with Crippen LogP contribution < -0.4 is 0 Å². The first-order chi connectivity index (χ1) is 4.25. The summed E-state index contributed by atoms with van der Waals surface area (Å²) in [4.78, 5) is 0. The molecule has 0 fully saturated rings. The molecule has 3 nitrogen and oxygen atoms in total. The van der Waals surface area contributed by atoms with Crippen LogP contribution in [0, 0.1) is 13.8 Å². The molecule has 1 aromatic rings. The van der Waals surface area contributed by atoms with Gasteiger partial charge in [-0.15, -0.1) is 0 Å². The molecule has 0 spiro atoms. The number of nitrogens with one attached hydrogen (secondary N) is 1. The summed E-state index contributed by atoms with van der Waals surface area (Å²) in [6.45, 7) is 5.52. The van der Waals surface area contributed by atoms with E-state index in [1.807, 2.05) is 6.92 Å². The van der Waals surface area contributed by atoms with Crippen LogP contribution in [-0.2, 0) is 6.61 Å². The molecule has 1 rings (SSSR count). The summed E-state index contributed by atoms with van der Waals surface area (Å²) in [6, 6.07) is 0. The molecule has 0 saturated carbocycles. The van der Waals surface area contributed by atoms with Crippen molar-refractivity contribution in [2.24, 2.45) is 0 Å². The first kappa shape index (κ1) is 6.29. The van der Waals surface area contributed by atoms with Gasteiger partial charge >= 0.3 is 0 Å². The van der Waals surface area contributed by atoms with E-state index >= 15 is 0 Å². The van der Waals surface area contributed by atoms with Gasteiger partial charge in [-0.3, -0.25) is 5.10 Å². The van der Waals surface area contributed by atoms with Crippen molar-refractivity contribution in [3.05, 3.63) is 23.9 Å². The Morgan fingerprint density at radius 1 is 1.78 bits per heavy atom. The van der Waals surface area contributed by atoms with Crippen LogP contribution in [0.25, 0.3) is 0 Å². The molecule has 0 saturated heterocycles. The van der Waals surface area contributed by atoms with Crippen molar-refractivity contribution in [1.82, 2.24) is 10.2 Å². The minimum absolute atomic E-state index is 0.00829. The second-order valence-electron chi connectivity index (χ2n) is 1.93. The van der Waals surface area contributed by atoms with Crippen molar-refractivity contribution in [2.45, 2.75) is 13.5 Å². The average Bonchev–Trinajstić information content (AvgIpc) is 2.15. The smallest absolute Gasteiger partial charge is 0.0850 e. The fraction of sp³-hybridized carbons (Fsp3) is 0.333. The summed E-state index contributed by atoms with van der Waals surface area (Å²) >= 11 is 0. The topological polar surface area (TPSA) is 48.9 Å². The van der Waals surface area contributed by atoms with Gasteiger partial charge in [0.05, 0.1) is 18.0 Å². The first-order valence-electron chi connectivity index (χ1n) is 2.72. The Morgan fingerprint density at radius 2 is 2.44 bits per heavy atom. The van der Waals surface area contributed by atoms with Crippen LogP contribution in [0.4, 0.5) is 0 Å². The monoisotopic (exact) mass is 125 g/mol. The van der Waals surface area contributed by atoms with Crippen LogP contribution in [0.3, 0.4) is 0 Å². The van der Waals surface area contributed by atoms with E-state index in [0.29, 0.717) is 5.69 Å². The van der Waals surface area contributed by atoms with E-state index in [1.165, 1.54) is 0 Å². The van der Waals surface area contributed by atoms with Crippen LogP contribution in [0.5, 0.6) is 0 Å². The Kier molecular flexibility index (Phi) is 1.53. The lowest BCUT2D eigenvalue weighted by atomic mass is 10.2. The van der Waals surface area contributed by atoms with E-state index in [1.54, 1.807) is 0 Å². The average molecular weight is 125 g/mol. The van der Waals surface area contributed by atoms with Gasteiger partial charge in [-0.1, -0.05) is 0 Å². The largest absolute Gasteiger partial charge is 0.390 e. The SMILES string of the molecule is [CH2]c1n[nH]c(CO)c1C. The van der Waals surface area contributed by atoms with E-state index < -0.39 is 0 Å². The van der Waals surface area contributed by atoms with E-state index in [9.17, 15) is 0 Å². The molecule has 0 aliphatic rings. The summed E-state index contributed by atoms with van der Waals surface area (Å²) in [7, 11) is 0. The van der Waals surface area contributed by atoms with Crippen LogP contribution in [0.2, 0.25) is 0 Å². The number of aliphatic hydroxyl groups is 1. The standard InChI is InChI=1S/C6H9N2O/c1-4-5(2)7-8-6(4)3-9/h9H,2-3H2,1H3,(H,7,8). The Bertz CT molecular complexity index is 205. The number of aromatic amines is 1. The number of hydrogen-bond donors (Lipinski definition) is 2. The predicted molar refractivity (Wildman–Crippen MR) is 33.7 cm³/mol. The lowest BCUT2D eigenvalue weighted by Gasteiger charge is -1.88. The maximum absolute atomic E-state index is 8.63. The molecule has 3 heteroatoms. The molecule has 0 bridgehead atoms. The highest BCUT2D eigenvalue weighted by atomic mass is 16.3. The Labute approximate surface area is 53.7 Å². The van der Waals surface area contributed by atoms with Gasteiger partial charge < -0.3 is 5.11 Å². The van der Waals surface area contributed by atoms with Crippen molar-refractivity contribution in [2.75, 3.05) is 0 Å². The lowest BCUT2D eigenvalue weighted by Crippen LogP contribution is -1.84. The molecule has 2 N–H and O–H groups in total. The van der Waals surface area contributed by atoms with Crippen LogP contribution in [-0.4, -0.2) is 15.3 Å². The van der Waals surface area contributed by atoms with Crippen molar-refractivity contribution in [3.8, 4) is 0 Å². The quantitative estimate of drug-likeness (QED) is 0.570. The van der Waals surface area contributed by atoms with Gasteiger partial charge in [0, 0.05) is 0 Å². The lowest BCUT2D eigenvalue weighted by molar-refractivity contribution is 0.276. The molecular formula is C6H9N2O. The zero-order valence-electron chi connectivity index (χ0n) is 5.31. The predicted octanol–water partition coefficient (Wildman–Crippen LogP) is 0.393. The second kappa shape index (κ2) is 2.19. The Balaban J connectivity index is 3.04. The van der Waals surface area contributed by atoms with Gasteiger partial charge in [0.1, 0.15) is 0 Å². The van der Waals surface area contributed by atoms with Gasteiger partial charge in [-0.05, 0) is 19.4 Å². The third-order valence-electron chi connectivity index (χ3n) is 1.37. The molecule has 0 aliphatic heterocycles. The number of rotatable bonds is 1. The zero-order chi connectivity index (χ0) is 6.85. The summed E-state index contributed by atoms with van der Waals surface area (Å²) in [5.41, 5.74) is 2.40. The van der Waals surface area contributed by atoms with E-state index in [-0.39, 0.29) is 6.61 Å². The number of nitrogens with zero attached hydrogens (tertiary/aromatic N) is 1.